The van der Waals surface area contributed by atoms with Crippen LogP contribution in [0.3, 0.4) is 0 Å². The Bertz CT molecular complexity index is 590. The summed E-state index contributed by atoms with van der Waals surface area (Å²) >= 11 is 0. The minimum Gasteiger partial charge on any atom is -0.493 e. The average Bonchev–Trinajstić information content (AvgIpc) is 2.41. The van der Waals surface area contributed by atoms with Crippen LogP contribution in [0, 0.1) is 5.82 Å². The number of nitrogens with two attached hydrogens (primary N) is 1. The molecule has 0 bridgehead atoms. The van der Waals surface area contributed by atoms with Crippen LogP contribution in [0.4, 0.5) is 10.1 Å². The molecule has 0 unspecified atom stereocenters. The molecule has 100 valence electrons. The van der Waals surface area contributed by atoms with Crippen LogP contribution in [0.5, 0.6) is 17.4 Å². The average molecular weight is 263 g/mol. The van der Waals surface area contributed by atoms with Crippen molar-refractivity contribution in [2.75, 3.05) is 12.8 Å². The topological polar surface area (TPSA) is 70.3 Å². The van der Waals surface area contributed by atoms with E-state index in [9.17, 15) is 4.39 Å². The van der Waals surface area contributed by atoms with Crippen molar-refractivity contribution in [1.82, 2.24) is 9.97 Å². The first-order valence-corrected chi connectivity index (χ1v) is 5.76. The summed E-state index contributed by atoms with van der Waals surface area (Å²) in [6.45, 7) is 1.80. The predicted molar refractivity (Wildman–Crippen MR) is 68.8 cm³/mol. The number of benzene rings is 1. The third-order valence-corrected chi connectivity index (χ3v) is 2.56. The molecule has 0 radical (unpaired) electrons. The van der Waals surface area contributed by atoms with Gasteiger partial charge in [0.15, 0.2) is 11.5 Å². The molecule has 0 atom stereocenters. The van der Waals surface area contributed by atoms with Crippen molar-refractivity contribution >= 4 is 5.69 Å². The number of aryl methyl sites for hydroxylation is 1. The maximum atomic E-state index is 14.0. The number of ether oxygens (including phenoxy) is 2. The highest BCUT2D eigenvalue weighted by Crippen LogP contribution is 2.33. The lowest BCUT2D eigenvalue weighted by molar-refractivity contribution is 0.362. The van der Waals surface area contributed by atoms with E-state index in [0.29, 0.717) is 29.3 Å². The monoisotopic (exact) mass is 263 g/mol. The number of halogens is 1. The molecule has 2 aromatic rings. The van der Waals surface area contributed by atoms with Gasteiger partial charge < -0.3 is 15.2 Å². The van der Waals surface area contributed by atoms with Crippen molar-refractivity contribution in [3.8, 4) is 17.4 Å². The molecule has 0 saturated carbocycles. The number of aromatic nitrogens is 2. The van der Waals surface area contributed by atoms with Crippen molar-refractivity contribution in [3.63, 3.8) is 0 Å². The van der Waals surface area contributed by atoms with Crippen LogP contribution in [-0.4, -0.2) is 17.1 Å². The van der Waals surface area contributed by atoms with E-state index in [1.807, 2.05) is 0 Å². The molecule has 2 rings (SSSR count). The Morgan fingerprint density at radius 3 is 2.74 bits per heavy atom. The standard InChI is InChI=1S/C13H14FN3O2/c1-3-9-12(14)13(17-7-16-9)19-11-6-8(15)4-5-10(11)18-2/h4-7H,3,15H2,1-2H3. The number of anilines is 1. The molecule has 0 saturated heterocycles. The lowest BCUT2D eigenvalue weighted by Crippen LogP contribution is -2.00. The van der Waals surface area contributed by atoms with E-state index in [1.54, 1.807) is 25.1 Å². The normalized spacial score (nSPS) is 10.3. The van der Waals surface area contributed by atoms with E-state index in [2.05, 4.69) is 9.97 Å². The van der Waals surface area contributed by atoms with Crippen LogP contribution in [0.2, 0.25) is 0 Å². The molecule has 0 amide bonds. The Balaban J connectivity index is 2.38. The third-order valence-electron chi connectivity index (χ3n) is 2.56. The lowest BCUT2D eigenvalue weighted by Gasteiger charge is -2.11. The molecule has 5 nitrogen and oxygen atoms in total. The molecule has 1 aromatic heterocycles. The Hall–Kier alpha value is -2.37. The molecule has 6 heteroatoms. The zero-order chi connectivity index (χ0) is 13.8. The molecule has 0 fully saturated rings. The van der Waals surface area contributed by atoms with Gasteiger partial charge in [-0.15, -0.1) is 0 Å². The van der Waals surface area contributed by atoms with Crippen LogP contribution < -0.4 is 15.2 Å². The van der Waals surface area contributed by atoms with Crippen LogP contribution in [0.1, 0.15) is 12.6 Å². The maximum absolute atomic E-state index is 14.0. The smallest absolute Gasteiger partial charge is 0.259 e. The number of methoxy groups -OCH3 is 1. The largest absolute Gasteiger partial charge is 0.493 e. The van der Waals surface area contributed by atoms with Crippen LogP contribution in [-0.2, 0) is 6.42 Å². The number of nitrogens with zero attached hydrogens (tertiary/aromatic N) is 2. The van der Waals surface area contributed by atoms with Gasteiger partial charge in [-0.2, -0.15) is 9.37 Å². The van der Waals surface area contributed by atoms with E-state index in [-0.39, 0.29) is 5.88 Å². The van der Waals surface area contributed by atoms with Crippen molar-refractivity contribution in [3.05, 3.63) is 36.0 Å². The Labute approximate surface area is 110 Å². The first-order chi connectivity index (χ1) is 9.15. The number of rotatable bonds is 4. The fourth-order valence-corrected chi connectivity index (χ4v) is 1.58. The summed E-state index contributed by atoms with van der Waals surface area (Å²) in [5.74, 6) is 0.0395. The predicted octanol–water partition coefficient (Wildman–Crippen LogP) is 2.56. The van der Waals surface area contributed by atoms with E-state index < -0.39 is 5.82 Å². The lowest BCUT2D eigenvalue weighted by atomic mass is 10.3. The molecule has 1 heterocycles. The highest BCUT2D eigenvalue weighted by atomic mass is 19.1. The molecule has 0 aliphatic rings. The van der Waals surface area contributed by atoms with Gasteiger partial charge in [0.05, 0.1) is 12.8 Å². The number of nitrogen functional groups attached to an aromatic ring is 1. The number of hydrogen-bond donors (Lipinski definition) is 1. The minimum atomic E-state index is -0.575. The van der Waals surface area contributed by atoms with Gasteiger partial charge in [-0.25, -0.2) is 4.98 Å². The van der Waals surface area contributed by atoms with Gasteiger partial charge >= 0.3 is 0 Å². The highest BCUT2D eigenvalue weighted by Gasteiger charge is 2.14. The molecule has 0 spiro atoms. The summed E-state index contributed by atoms with van der Waals surface area (Å²) in [5, 5.41) is 0. The van der Waals surface area contributed by atoms with Gasteiger partial charge in [0.1, 0.15) is 6.33 Å². The van der Waals surface area contributed by atoms with Gasteiger partial charge in [0.25, 0.3) is 5.88 Å². The fourth-order valence-electron chi connectivity index (χ4n) is 1.58. The minimum absolute atomic E-state index is 0.143. The van der Waals surface area contributed by atoms with Gasteiger partial charge in [-0.1, -0.05) is 6.92 Å². The quantitative estimate of drug-likeness (QED) is 0.858. The van der Waals surface area contributed by atoms with Gasteiger partial charge in [-0.05, 0) is 18.6 Å². The summed E-state index contributed by atoms with van der Waals surface area (Å²) in [5.41, 5.74) is 6.45. The summed E-state index contributed by atoms with van der Waals surface area (Å²) in [4.78, 5) is 7.62. The maximum Gasteiger partial charge on any atom is 0.259 e. The Morgan fingerprint density at radius 1 is 1.26 bits per heavy atom. The summed E-state index contributed by atoms with van der Waals surface area (Å²) in [6, 6.07) is 4.86. The zero-order valence-corrected chi connectivity index (χ0v) is 10.7. The summed E-state index contributed by atoms with van der Waals surface area (Å²) in [7, 11) is 1.49. The highest BCUT2D eigenvalue weighted by molar-refractivity contribution is 5.53. The summed E-state index contributed by atoms with van der Waals surface area (Å²) < 4.78 is 24.5. The van der Waals surface area contributed by atoms with Crippen molar-refractivity contribution in [2.45, 2.75) is 13.3 Å². The first kappa shape index (κ1) is 13.1. The van der Waals surface area contributed by atoms with Gasteiger partial charge in [0.2, 0.25) is 5.82 Å². The first-order valence-electron chi connectivity index (χ1n) is 5.76. The SMILES string of the molecule is CCc1ncnc(Oc2cc(N)ccc2OC)c1F. The van der Waals surface area contributed by atoms with Crippen LogP contribution in [0.15, 0.2) is 24.5 Å². The zero-order valence-electron chi connectivity index (χ0n) is 10.7. The second kappa shape index (κ2) is 5.51. The molecular weight excluding hydrogens is 249 g/mol. The number of hydrogen-bond acceptors (Lipinski definition) is 5. The molecule has 2 N–H and O–H groups in total. The molecule has 0 aliphatic heterocycles. The molecular formula is C13H14FN3O2. The van der Waals surface area contributed by atoms with Crippen LogP contribution >= 0.6 is 0 Å². The van der Waals surface area contributed by atoms with Crippen molar-refractivity contribution in [1.29, 1.82) is 0 Å². The van der Waals surface area contributed by atoms with Crippen molar-refractivity contribution in [2.24, 2.45) is 0 Å². The van der Waals surface area contributed by atoms with E-state index in [4.69, 9.17) is 15.2 Å². The van der Waals surface area contributed by atoms with Gasteiger partial charge in [-0.3, -0.25) is 0 Å². The second-order valence-electron chi connectivity index (χ2n) is 3.81. The van der Waals surface area contributed by atoms with E-state index in [1.165, 1.54) is 13.4 Å². The summed E-state index contributed by atoms with van der Waals surface area (Å²) in [6.07, 6.45) is 1.72. The van der Waals surface area contributed by atoms with E-state index in [0.717, 1.165) is 0 Å². The molecule has 1 aromatic carbocycles. The molecule has 0 aliphatic carbocycles. The molecule has 19 heavy (non-hydrogen) atoms. The Kier molecular flexibility index (Phi) is 3.79. The Morgan fingerprint density at radius 2 is 2.05 bits per heavy atom. The third kappa shape index (κ3) is 2.73. The van der Waals surface area contributed by atoms with Crippen LogP contribution in [0.25, 0.3) is 0 Å². The fraction of sp³-hybridized carbons (Fsp3) is 0.231. The van der Waals surface area contributed by atoms with E-state index >= 15 is 0 Å². The van der Waals surface area contributed by atoms with Gasteiger partial charge in [0, 0.05) is 11.8 Å². The van der Waals surface area contributed by atoms with Crippen molar-refractivity contribution < 1.29 is 13.9 Å². The second-order valence-corrected chi connectivity index (χ2v) is 3.81.